The molecule has 0 aromatic carbocycles. The fourth-order valence-corrected chi connectivity index (χ4v) is 3.01. The van der Waals surface area contributed by atoms with E-state index in [-0.39, 0.29) is 5.91 Å². The standard InChI is InChI=1S/C14H21N3O2/c1-9-12(10(2)16(3)15-9)6-13(18)17-7-14(19,8-17)11-4-5-11/h11,19H,4-8H2,1-3H3. The number of carbonyl (C=O) groups is 1. The molecule has 0 unspecified atom stereocenters. The quantitative estimate of drug-likeness (QED) is 0.867. The molecule has 0 atom stereocenters. The summed E-state index contributed by atoms with van der Waals surface area (Å²) in [5.74, 6) is 0.530. The number of aliphatic hydroxyl groups is 1. The summed E-state index contributed by atoms with van der Waals surface area (Å²) in [7, 11) is 1.89. The molecule has 0 radical (unpaired) electrons. The van der Waals surface area contributed by atoms with E-state index in [1.165, 1.54) is 0 Å². The van der Waals surface area contributed by atoms with Crippen LogP contribution in [0.2, 0.25) is 0 Å². The average Bonchev–Trinajstić information content (AvgIpc) is 3.11. The fraction of sp³-hybridized carbons (Fsp3) is 0.714. The van der Waals surface area contributed by atoms with Crippen LogP contribution in [0.25, 0.3) is 0 Å². The minimum Gasteiger partial charge on any atom is -0.386 e. The van der Waals surface area contributed by atoms with Crippen molar-refractivity contribution in [3.8, 4) is 0 Å². The topological polar surface area (TPSA) is 58.4 Å². The van der Waals surface area contributed by atoms with Crippen molar-refractivity contribution in [3.63, 3.8) is 0 Å². The highest BCUT2D eigenvalue weighted by atomic mass is 16.3. The van der Waals surface area contributed by atoms with Gasteiger partial charge in [-0.2, -0.15) is 5.10 Å². The lowest BCUT2D eigenvalue weighted by molar-refractivity contribution is -0.158. The van der Waals surface area contributed by atoms with Crippen LogP contribution in [-0.2, 0) is 18.3 Å². The zero-order chi connectivity index (χ0) is 13.8. The van der Waals surface area contributed by atoms with Crippen LogP contribution in [0.15, 0.2) is 0 Å². The average molecular weight is 263 g/mol. The van der Waals surface area contributed by atoms with E-state index in [2.05, 4.69) is 5.10 Å². The third-order valence-corrected chi connectivity index (χ3v) is 4.61. The molecule has 1 N–H and O–H groups in total. The molecule has 104 valence electrons. The van der Waals surface area contributed by atoms with Crippen molar-refractivity contribution in [1.82, 2.24) is 14.7 Å². The van der Waals surface area contributed by atoms with Crippen molar-refractivity contribution in [2.45, 2.75) is 38.7 Å². The summed E-state index contributed by atoms with van der Waals surface area (Å²) < 4.78 is 1.81. The molecule has 0 spiro atoms. The van der Waals surface area contributed by atoms with Gasteiger partial charge in [-0.15, -0.1) is 0 Å². The first-order valence-corrected chi connectivity index (χ1v) is 6.90. The summed E-state index contributed by atoms with van der Waals surface area (Å²) in [5.41, 5.74) is 2.40. The van der Waals surface area contributed by atoms with Gasteiger partial charge in [-0.1, -0.05) is 0 Å². The molecule has 2 aliphatic rings. The Morgan fingerprint density at radius 1 is 1.42 bits per heavy atom. The summed E-state index contributed by atoms with van der Waals surface area (Å²) in [6, 6.07) is 0. The molecule has 0 bridgehead atoms. The van der Waals surface area contributed by atoms with Crippen LogP contribution in [0.5, 0.6) is 0 Å². The van der Waals surface area contributed by atoms with E-state index in [4.69, 9.17) is 0 Å². The molecule has 19 heavy (non-hydrogen) atoms. The zero-order valence-corrected chi connectivity index (χ0v) is 11.8. The summed E-state index contributed by atoms with van der Waals surface area (Å²) in [4.78, 5) is 14.0. The Labute approximate surface area is 113 Å². The van der Waals surface area contributed by atoms with Gasteiger partial charge in [0.25, 0.3) is 0 Å². The minimum absolute atomic E-state index is 0.101. The Morgan fingerprint density at radius 3 is 2.53 bits per heavy atom. The maximum atomic E-state index is 12.2. The Morgan fingerprint density at radius 2 is 2.05 bits per heavy atom. The molecule has 1 aromatic rings. The third kappa shape index (κ3) is 2.06. The van der Waals surface area contributed by atoms with Crippen LogP contribution in [0, 0.1) is 19.8 Å². The summed E-state index contributed by atoms with van der Waals surface area (Å²) in [6.07, 6.45) is 2.62. The number of hydrogen-bond donors (Lipinski definition) is 1. The Balaban J connectivity index is 1.63. The Hall–Kier alpha value is -1.36. The summed E-state index contributed by atoms with van der Waals surface area (Å²) in [5, 5.41) is 14.6. The molecule has 1 aliphatic carbocycles. The summed E-state index contributed by atoms with van der Waals surface area (Å²) >= 11 is 0. The van der Waals surface area contributed by atoms with E-state index in [0.717, 1.165) is 29.8 Å². The smallest absolute Gasteiger partial charge is 0.227 e. The molecule has 1 aromatic heterocycles. The molecule has 2 heterocycles. The van der Waals surface area contributed by atoms with E-state index < -0.39 is 5.60 Å². The number of aromatic nitrogens is 2. The van der Waals surface area contributed by atoms with Gasteiger partial charge in [0.05, 0.1) is 25.2 Å². The largest absolute Gasteiger partial charge is 0.386 e. The second-order valence-corrected chi connectivity index (χ2v) is 6.08. The van der Waals surface area contributed by atoms with Crippen molar-refractivity contribution in [2.24, 2.45) is 13.0 Å². The molecule has 1 saturated heterocycles. The molecular weight excluding hydrogens is 242 g/mol. The highest BCUT2D eigenvalue weighted by Gasteiger charge is 2.53. The number of carbonyl (C=O) groups excluding carboxylic acids is 1. The second-order valence-electron chi connectivity index (χ2n) is 6.08. The van der Waals surface area contributed by atoms with Gasteiger partial charge >= 0.3 is 0 Å². The predicted octanol–water partition coefficient (Wildman–Crippen LogP) is 0.563. The highest BCUT2D eigenvalue weighted by Crippen LogP contribution is 2.44. The van der Waals surface area contributed by atoms with Crippen molar-refractivity contribution in [1.29, 1.82) is 0 Å². The van der Waals surface area contributed by atoms with E-state index in [1.807, 2.05) is 25.6 Å². The van der Waals surface area contributed by atoms with Crippen molar-refractivity contribution in [3.05, 3.63) is 17.0 Å². The van der Waals surface area contributed by atoms with E-state index in [1.54, 1.807) is 4.90 Å². The lowest BCUT2D eigenvalue weighted by atomic mass is 9.88. The minimum atomic E-state index is -0.589. The first-order valence-electron chi connectivity index (χ1n) is 6.90. The fourth-order valence-electron chi connectivity index (χ4n) is 3.01. The van der Waals surface area contributed by atoms with Gasteiger partial charge in [0.15, 0.2) is 0 Å². The van der Waals surface area contributed by atoms with Crippen molar-refractivity contribution < 1.29 is 9.90 Å². The number of rotatable bonds is 3. The van der Waals surface area contributed by atoms with Gasteiger partial charge in [-0.25, -0.2) is 0 Å². The second kappa shape index (κ2) is 4.07. The Bertz CT molecular complexity index is 525. The zero-order valence-electron chi connectivity index (χ0n) is 11.8. The first kappa shape index (κ1) is 12.7. The molecule has 2 fully saturated rings. The maximum absolute atomic E-state index is 12.2. The van der Waals surface area contributed by atoms with Crippen LogP contribution in [0.4, 0.5) is 0 Å². The van der Waals surface area contributed by atoms with Crippen LogP contribution in [-0.4, -0.2) is 44.4 Å². The molecule has 1 amide bonds. The van der Waals surface area contributed by atoms with E-state index in [0.29, 0.717) is 25.4 Å². The molecule has 1 aliphatic heterocycles. The highest BCUT2D eigenvalue weighted by molar-refractivity contribution is 5.80. The SMILES string of the molecule is Cc1nn(C)c(C)c1CC(=O)N1CC(O)(C2CC2)C1. The summed E-state index contributed by atoms with van der Waals surface area (Å²) in [6.45, 7) is 4.94. The molecule has 3 rings (SSSR count). The van der Waals surface area contributed by atoms with Crippen LogP contribution >= 0.6 is 0 Å². The van der Waals surface area contributed by atoms with Crippen molar-refractivity contribution >= 4 is 5.91 Å². The van der Waals surface area contributed by atoms with Crippen molar-refractivity contribution in [2.75, 3.05) is 13.1 Å². The lowest BCUT2D eigenvalue weighted by Crippen LogP contribution is -2.65. The van der Waals surface area contributed by atoms with Crippen LogP contribution in [0.3, 0.4) is 0 Å². The van der Waals surface area contributed by atoms with Gasteiger partial charge in [0.2, 0.25) is 5.91 Å². The molecular formula is C14H21N3O2. The lowest BCUT2D eigenvalue weighted by Gasteiger charge is -2.47. The van der Waals surface area contributed by atoms with Gasteiger partial charge in [-0.3, -0.25) is 9.48 Å². The number of amides is 1. The molecule has 1 saturated carbocycles. The number of aryl methyl sites for hydroxylation is 2. The van der Waals surface area contributed by atoms with Gasteiger partial charge < -0.3 is 10.0 Å². The van der Waals surface area contributed by atoms with E-state index in [9.17, 15) is 9.90 Å². The number of β-amino-alcohol motifs (C(OH)–C–C–N with tert-alkyl or cyclic N) is 1. The Kier molecular flexibility index (Phi) is 2.71. The third-order valence-electron chi connectivity index (χ3n) is 4.61. The van der Waals surface area contributed by atoms with Gasteiger partial charge in [-0.05, 0) is 32.6 Å². The molecule has 5 heteroatoms. The van der Waals surface area contributed by atoms with E-state index >= 15 is 0 Å². The predicted molar refractivity (Wildman–Crippen MR) is 70.6 cm³/mol. The normalized spacial score (nSPS) is 21.4. The molecule has 5 nitrogen and oxygen atoms in total. The number of hydrogen-bond acceptors (Lipinski definition) is 3. The van der Waals surface area contributed by atoms with Gasteiger partial charge in [0.1, 0.15) is 5.60 Å². The first-order chi connectivity index (χ1) is 8.90. The monoisotopic (exact) mass is 263 g/mol. The van der Waals surface area contributed by atoms with Crippen LogP contribution < -0.4 is 0 Å². The maximum Gasteiger partial charge on any atom is 0.227 e. The number of likely N-dealkylation sites (tertiary alicyclic amines) is 1. The van der Waals surface area contributed by atoms with Gasteiger partial charge in [0, 0.05) is 18.3 Å². The van der Waals surface area contributed by atoms with Crippen LogP contribution in [0.1, 0.15) is 29.8 Å². The number of nitrogens with zero attached hydrogens (tertiary/aromatic N) is 3.